The second kappa shape index (κ2) is 9.19. The molecule has 0 bridgehead atoms. The van der Waals surface area contributed by atoms with Gasteiger partial charge in [-0.2, -0.15) is 0 Å². The third kappa shape index (κ3) is 4.86. The highest BCUT2D eigenvalue weighted by Gasteiger charge is 2.21. The Bertz CT molecular complexity index is 697. The number of piperazine rings is 1. The molecule has 1 N–H and O–H groups in total. The van der Waals surface area contributed by atoms with Crippen LogP contribution in [0.3, 0.4) is 0 Å². The molecule has 5 heteroatoms. The number of anilines is 1. The Morgan fingerprint density at radius 1 is 1.04 bits per heavy atom. The zero-order valence-corrected chi connectivity index (χ0v) is 16.8. The summed E-state index contributed by atoms with van der Waals surface area (Å²) in [5.74, 6) is 0.188. The summed E-state index contributed by atoms with van der Waals surface area (Å²) in [5, 5.41) is 3.43. The maximum Gasteiger partial charge on any atom is 0.236 e. The molecule has 1 aliphatic heterocycles. The highest BCUT2D eigenvalue weighted by Crippen LogP contribution is 2.19. The standard InChI is InChI=1S/C21H26BrN3O/c1-2-20(17-8-10-18(22)11-9-17)23-16-21(26)25-14-12-24(13-15-25)19-6-4-3-5-7-19/h3-11,20,23H,2,12-16H2,1H3/t20-/m1/s1. The van der Waals surface area contributed by atoms with E-state index in [9.17, 15) is 4.79 Å². The van der Waals surface area contributed by atoms with E-state index in [1.54, 1.807) is 0 Å². The number of carbonyl (C=O) groups excluding carboxylic acids is 1. The number of benzene rings is 2. The first-order valence-electron chi connectivity index (χ1n) is 9.24. The molecule has 0 radical (unpaired) electrons. The topological polar surface area (TPSA) is 35.6 Å². The summed E-state index contributed by atoms with van der Waals surface area (Å²) in [7, 11) is 0. The molecule has 0 aromatic heterocycles. The summed E-state index contributed by atoms with van der Waals surface area (Å²) in [4.78, 5) is 16.9. The van der Waals surface area contributed by atoms with E-state index in [-0.39, 0.29) is 11.9 Å². The molecule has 0 spiro atoms. The van der Waals surface area contributed by atoms with Gasteiger partial charge in [0.15, 0.2) is 0 Å². The maximum absolute atomic E-state index is 12.6. The molecular weight excluding hydrogens is 390 g/mol. The number of carbonyl (C=O) groups is 1. The molecule has 1 atom stereocenters. The van der Waals surface area contributed by atoms with Crippen molar-refractivity contribution in [1.82, 2.24) is 10.2 Å². The number of para-hydroxylation sites is 1. The summed E-state index contributed by atoms with van der Waals surface area (Å²) in [6, 6.07) is 18.9. The van der Waals surface area contributed by atoms with E-state index < -0.39 is 0 Å². The Hall–Kier alpha value is -1.85. The molecule has 1 heterocycles. The average Bonchev–Trinajstić information content (AvgIpc) is 2.70. The lowest BCUT2D eigenvalue weighted by Crippen LogP contribution is -2.51. The molecule has 0 aliphatic carbocycles. The van der Waals surface area contributed by atoms with Crippen LogP contribution in [0.4, 0.5) is 5.69 Å². The second-order valence-corrected chi connectivity index (χ2v) is 7.51. The molecule has 26 heavy (non-hydrogen) atoms. The molecule has 138 valence electrons. The number of halogens is 1. The minimum Gasteiger partial charge on any atom is -0.368 e. The predicted octanol–water partition coefficient (Wildman–Crippen LogP) is 3.84. The van der Waals surface area contributed by atoms with Crippen LogP contribution in [0.2, 0.25) is 0 Å². The fourth-order valence-corrected chi connectivity index (χ4v) is 3.63. The van der Waals surface area contributed by atoms with E-state index in [2.05, 4.69) is 69.5 Å². The number of rotatable bonds is 6. The van der Waals surface area contributed by atoms with Crippen molar-refractivity contribution in [2.24, 2.45) is 0 Å². The van der Waals surface area contributed by atoms with Crippen LogP contribution in [0.5, 0.6) is 0 Å². The van der Waals surface area contributed by atoms with Crippen molar-refractivity contribution in [2.45, 2.75) is 19.4 Å². The molecule has 1 fully saturated rings. The Labute approximate surface area is 164 Å². The van der Waals surface area contributed by atoms with Gasteiger partial charge in [0.05, 0.1) is 6.54 Å². The molecular formula is C21H26BrN3O. The van der Waals surface area contributed by atoms with Gasteiger partial charge in [0.1, 0.15) is 0 Å². The number of hydrogen-bond donors (Lipinski definition) is 1. The summed E-state index contributed by atoms with van der Waals surface area (Å²) >= 11 is 3.47. The van der Waals surface area contributed by atoms with Crippen LogP contribution >= 0.6 is 15.9 Å². The Kier molecular flexibility index (Phi) is 6.69. The summed E-state index contributed by atoms with van der Waals surface area (Å²) < 4.78 is 1.07. The van der Waals surface area contributed by atoms with Crippen molar-refractivity contribution in [1.29, 1.82) is 0 Å². The van der Waals surface area contributed by atoms with Gasteiger partial charge in [0, 0.05) is 42.4 Å². The third-order valence-electron chi connectivity index (χ3n) is 4.93. The number of amides is 1. The van der Waals surface area contributed by atoms with Gasteiger partial charge in [-0.25, -0.2) is 0 Å². The normalized spacial score (nSPS) is 15.8. The zero-order chi connectivity index (χ0) is 18.4. The highest BCUT2D eigenvalue weighted by atomic mass is 79.9. The van der Waals surface area contributed by atoms with E-state index in [4.69, 9.17) is 0 Å². The van der Waals surface area contributed by atoms with Gasteiger partial charge in [-0.05, 0) is 36.2 Å². The van der Waals surface area contributed by atoms with Crippen molar-refractivity contribution < 1.29 is 4.79 Å². The number of nitrogens with one attached hydrogen (secondary N) is 1. The minimum atomic E-state index is 0.188. The molecule has 0 unspecified atom stereocenters. The van der Waals surface area contributed by atoms with Crippen LogP contribution in [0.1, 0.15) is 24.9 Å². The highest BCUT2D eigenvalue weighted by molar-refractivity contribution is 9.10. The average molecular weight is 416 g/mol. The second-order valence-electron chi connectivity index (χ2n) is 6.60. The van der Waals surface area contributed by atoms with Gasteiger partial charge in [-0.3, -0.25) is 4.79 Å². The molecule has 1 amide bonds. The van der Waals surface area contributed by atoms with Crippen molar-refractivity contribution >= 4 is 27.5 Å². The lowest BCUT2D eigenvalue weighted by Gasteiger charge is -2.36. The molecule has 2 aromatic carbocycles. The fourth-order valence-electron chi connectivity index (χ4n) is 3.37. The minimum absolute atomic E-state index is 0.188. The Morgan fingerprint density at radius 2 is 1.69 bits per heavy atom. The largest absolute Gasteiger partial charge is 0.368 e. The Balaban J connectivity index is 1.48. The third-order valence-corrected chi connectivity index (χ3v) is 5.46. The summed E-state index contributed by atoms with van der Waals surface area (Å²) in [6.45, 7) is 5.87. The quantitative estimate of drug-likeness (QED) is 0.778. The molecule has 0 saturated carbocycles. The molecule has 1 aliphatic rings. The van der Waals surface area contributed by atoms with Crippen molar-refractivity contribution in [2.75, 3.05) is 37.6 Å². The van der Waals surface area contributed by atoms with Crippen LogP contribution in [-0.4, -0.2) is 43.5 Å². The number of nitrogens with zero attached hydrogens (tertiary/aromatic N) is 2. The van der Waals surface area contributed by atoms with Gasteiger partial charge in [-0.1, -0.05) is 53.2 Å². The lowest BCUT2D eigenvalue weighted by atomic mass is 10.0. The van der Waals surface area contributed by atoms with E-state index in [0.717, 1.165) is 37.1 Å². The van der Waals surface area contributed by atoms with Gasteiger partial charge >= 0.3 is 0 Å². The van der Waals surface area contributed by atoms with E-state index in [1.807, 2.05) is 23.1 Å². The van der Waals surface area contributed by atoms with E-state index >= 15 is 0 Å². The smallest absolute Gasteiger partial charge is 0.236 e. The molecule has 2 aromatic rings. The lowest BCUT2D eigenvalue weighted by molar-refractivity contribution is -0.130. The predicted molar refractivity (Wildman–Crippen MR) is 110 cm³/mol. The summed E-state index contributed by atoms with van der Waals surface area (Å²) in [6.07, 6.45) is 0.955. The SMILES string of the molecule is CC[C@@H](NCC(=O)N1CCN(c2ccccc2)CC1)c1ccc(Br)cc1. The number of hydrogen-bond acceptors (Lipinski definition) is 3. The van der Waals surface area contributed by atoms with Crippen molar-refractivity contribution in [3.8, 4) is 0 Å². The first-order valence-corrected chi connectivity index (χ1v) is 10.0. The van der Waals surface area contributed by atoms with Crippen molar-refractivity contribution in [3.05, 3.63) is 64.6 Å². The molecule has 4 nitrogen and oxygen atoms in total. The van der Waals surface area contributed by atoms with Crippen LogP contribution in [0.25, 0.3) is 0 Å². The van der Waals surface area contributed by atoms with E-state index in [1.165, 1.54) is 11.3 Å². The molecule has 3 rings (SSSR count). The fraction of sp³-hybridized carbons (Fsp3) is 0.381. The van der Waals surface area contributed by atoms with Crippen LogP contribution in [-0.2, 0) is 4.79 Å². The first kappa shape index (κ1) is 18.9. The van der Waals surface area contributed by atoms with Crippen LogP contribution in [0, 0.1) is 0 Å². The maximum atomic E-state index is 12.6. The monoisotopic (exact) mass is 415 g/mol. The van der Waals surface area contributed by atoms with Gasteiger partial charge < -0.3 is 15.1 Å². The van der Waals surface area contributed by atoms with Gasteiger partial charge in [0.25, 0.3) is 0 Å². The van der Waals surface area contributed by atoms with Crippen LogP contribution in [0.15, 0.2) is 59.1 Å². The summed E-state index contributed by atoms with van der Waals surface area (Å²) in [5.41, 5.74) is 2.46. The van der Waals surface area contributed by atoms with E-state index in [0.29, 0.717) is 6.54 Å². The first-order chi connectivity index (χ1) is 12.7. The zero-order valence-electron chi connectivity index (χ0n) is 15.2. The van der Waals surface area contributed by atoms with Crippen molar-refractivity contribution in [3.63, 3.8) is 0 Å². The van der Waals surface area contributed by atoms with Gasteiger partial charge in [-0.15, -0.1) is 0 Å². The Morgan fingerprint density at radius 3 is 2.31 bits per heavy atom. The van der Waals surface area contributed by atoms with Gasteiger partial charge in [0.2, 0.25) is 5.91 Å². The van der Waals surface area contributed by atoms with Crippen LogP contribution < -0.4 is 10.2 Å². The molecule has 1 saturated heterocycles.